The molecule has 0 unspecified atom stereocenters. The molecule has 0 aliphatic rings. The molecule has 0 saturated heterocycles. The summed E-state index contributed by atoms with van der Waals surface area (Å²) >= 11 is 1.61. The van der Waals surface area contributed by atoms with Crippen LogP contribution in [0, 0.1) is 5.82 Å². The Hall–Kier alpha value is -2.47. The SMILES string of the molecule is O=C(CCc1nc2ccccc2s1)NCCOc1ccccc1F. The Labute approximate surface area is 143 Å². The predicted octanol–water partition coefficient (Wildman–Crippen LogP) is 3.56. The van der Waals surface area contributed by atoms with Crippen molar-refractivity contribution in [1.82, 2.24) is 10.3 Å². The number of halogens is 1. The zero-order valence-electron chi connectivity index (χ0n) is 13.0. The van der Waals surface area contributed by atoms with Crippen molar-refractivity contribution in [3.8, 4) is 5.75 Å². The van der Waals surface area contributed by atoms with E-state index in [-0.39, 0.29) is 18.3 Å². The number of amides is 1. The van der Waals surface area contributed by atoms with Crippen LogP contribution in [0.4, 0.5) is 4.39 Å². The fraction of sp³-hybridized carbons (Fsp3) is 0.222. The fourth-order valence-corrected chi connectivity index (χ4v) is 3.22. The number of thiazole rings is 1. The van der Waals surface area contributed by atoms with Crippen LogP contribution in [0.15, 0.2) is 48.5 Å². The van der Waals surface area contributed by atoms with E-state index in [1.807, 2.05) is 24.3 Å². The number of nitrogens with zero attached hydrogens (tertiary/aromatic N) is 1. The summed E-state index contributed by atoms with van der Waals surface area (Å²) in [6, 6.07) is 14.1. The van der Waals surface area contributed by atoms with Crippen LogP contribution in [0.25, 0.3) is 10.2 Å². The second-order valence-electron chi connectivity index (χ2n) is 5.20. The largest absolute Gasteiger partial charge is 0.489 e. The van der Waals surface area contributed by atoms with Crippen molar-refractivity contribution in [1.29, 1.82) is 0 Å². The van der Waals surface area contributed by atoms with Gasteiger partial charge in [-0.15, -0.1) is 11.3 Å². The van der Waals surface area contributed by atoms with Crippen LogP contribution >= 0.6 is 11.3 Å². The molecular weight excluding hydrogens is 327 g/mol. The third kappa shape index (κ3) is 4.29. The van der Waals surface area contributed by atoms with Gasteiger partial charge in [0.25, 0.3) is 0 Å². The van der Waals surface area contributed by atoms with Crippen molar-refractivity contribution in [2.24, 2.45) is 0 Å². The van der Waals surface area contributed by atoms with Gasteiger partial charge in [0.1, 0.15) is 6.61 Å². The minimum Gasteiger partial charge on any atom is -0.489 e. The molecule has 1 amide bonds. The lowest BCUT2D eigenvalue weighted by molar-refractivity contribution is -0.121. The number of carbonyl (C=O) groups excluding carboxylic acids is 1. The van der Waals surface area contributed by atoms with Gasteiger partial charge in [-0.3, -0.25) is 4.79 Å². The van der Waals surface area contributed by atoms with E-state index in [1.54, 1.807) is 29.5 Å². The molecule has 4 nitrogen and oxygen atoms in total. The Bertz CT molecular complexity index is 802. The molecule has 24 heavy (non-hydrogen) atoms. The molecule has 1 heterocycles. The second kappa shape index (κ2) is 7.88. The van der Waals surface area contributed by atoms with E-state index in [2.05, 4.69) is 10.3 Å². The molecule has 0 atom stereocenters. The molecule has 6 heteroatoms. The second-order valence-corrected chi connectivity index (χ2v) is 6.32. The minimum absolute atomic E-state index is 0.0635. The Morgan fingerprint density at radius 1 is 1.17 bits per heavy atom. The van der Waals surface area contributed by atoms with Gasteiger partial charge in [0, 0.05) is 12.8 Å². The van der Waals surface area contributed by atoms with Crippen LogP contribution in [0.2, 0.25) is 0 Å². The molecule has 0 saturated carbocycles. The lowest BCUT2D eigenvalue weighted by Crippen LogP contribution is -2.28. The average molecular weight is 344 g/mol. The lowest BCUT2D eigenvalue weighted by atomic mass is 10.3. The first-order chi connectivity index (χ1) is 11.7. The van der Waals surface area contributed by atoms with Crippen molar-refractivity contribution < 1.29 is 13.9 Å². The summed E-state index contributed by atoms with van der Waals surface area (Å²) in [5, 5.41) is 3.72. The van der Waals surface area contributed by atoms with Crippen molar-refractivity contribution in [3.05, 3.63) is 59.4 Å². The number of hydrogen-bond donors (Lipinski definition) is 1. The van der Waals surface area contributed by atoms with Crippen molar-refractivity contribution in [2.75, 3.05) is 13.2 Å². The van der Waals surface area contributed by atoms with Gasteiger partial charge in [-0.05, 0) is 24.3 Å². The van der Waals surface area contributed by atoms with Crippen LogP contribution < -0.4 is 10.1 Å². The molecular formula is C18H17FN2O2S. The zero-order valence-corrected chi connectivity index (χ0v) is 13.8. The van der Waals surface area contributed by atoms with E-state index in [9.17, 15) is 9.18 Å². The number of hydrogen-bond acceptors (Lipinski definition) is 4. The maximum absolute atomic E-state index is 13.4. The molecule has 0 aliphatic carbocycles. The summed E-state index contributed by atoms with van der Waals surface area (Å²) in [6.07, 6.45) is 0.985. The maximum Gasteiger partial charge on any atom is 0.220 e. The molecule has 0 fully saturated rings. The summed E-state index contributed by atoms with van der Waals surface area (Å²) in [5.41, 5.74) is 0.969. The molecule has 0 bridgehead atoms. The number of carbonyl (C=O) groups is 1. The number of nitrogens with one attached hydrogen (secondary N) is 1. The molecule has 3 rings (SSSR count). The molecule has 0 spiro atoms. The van der Waals surface area contributed by atoms with E-state index >= 15 is 0 Å². The zero-order chi connectivity index (χ0) is 16.8. The number of rotatable bonds is 7. The molecule has 1 N–H and O–H groups in total. The van der Waals surface area contributed by atoms with E-state index in [0.29, 0.717) is 19.4 Å². The number of aryl methyl sites for hydroxylation is 1. The van der Waals surface area contributed by atoms with Crippen molar-refractivity contribution in [2.45, 2.75) is 12.8 Å². The van der Waals surface area contributed by atoms with Crippen LogP contribution in [0.1, 0.15) is 11.4 Å². The quantitative estimate of drug-likeness (QED) is 0.667. The van der Waals surface area contributed by atoms with E-state index in [0.717, 1.165) is 15.2 Å². The van der Waals surface area contributed by atoms with Gasteiger partial charge in [0.15, 0.2) is 11.6 Å². The number of para-hydroxylation sites is 2. The lowest BCUT2D eigenvalue weighted by Gasteiger charge is -2.08. The van der Waals surface area contributed by atoms with Gasteiger partial charge in [0.2, 0.25) is 5.91 Å². The molecule has 0 aliphatic heterocycles. The summed E-state index contributed by atoms with van der Waals surface area (Å²) in [4.78, 5) is 16.3. The van der Waals surface area contributed by atoms with Gasteiger partial charge < -0.3 is 10.1 Å². The fourth-order valence-electron chi connectivity index (χ4n) is 2.25. The Morgan fingerprint density at radius 2 is 1.96 bits per heavy atom. The van der Waals surface area contributed by atoms with Crippen LogP contribution in [0.5, 0.6) is 5.75 Å². The number of fused-ring (bicyclic) bond motifs is 1. The molecule has 3 aromatic rings. The van der Waals surface area contributed by atoms with E-state index in [1.165, 1.54) is 6.07 Å². The highest BCUT2D eigenvalue weighted by atomic mass is 32.1. The molecule has 1 aromatic heterocycles. The number of benzene rings is 2. The van der Waals surface area contributed by atoms with Crippen LogP contribution in [0.3, 0.4) is 0 Å². The summed E-state index contributed by atoms with van der Waals surface area (Å²) < 4.78 is 19.8. The summed E-state index contributed by atoms with van der Waals surface area (Å²) in [5.74, 6) is -0.271. The monoisotopic (exact) mass is 344 g/mol. The standard InChI is InChI=1S/C18H17FN2O2S/c19-13-5-1-3-7-15(13)23-12-11-20-17(22)9-10-18-21-14-6-2-4-8-16(14)24-18/h1-8H,9-12H2,(H,20,22). The van der Waals surface area contributed by atoms with Crippen LogP contribution in [-0.2, 0) is 11.2 Å². The van der Waals surface area contributed by atoms with Gasteiger partial charge in [-0.25, -0.2) is 9.37 Å². The van der Waals surface area contributed by atoms with Gasteiger partial charge in [0.05, 0.1) is 21.8 Å². The predicted molar refractivity (Wildman–Crippen MR) is 92.8 cm³/mol. The average Bonchev–Trinajstić information content (AvgIpc) is 3.01. The Kier molecular flexibility index (Phi) is 5.38. The Balaban J connectivity index is 1.39. The van der Waals surface area contributed by atoms with Crippen molar-refractivity contribution in [3.63, 3.8) is 0 Å². The summed E-state index contributed by atoms with van der Waals surface area (Å²) in [6.45, 7) is 0.570. The molecule has 2 aromatic carbocycles. The normalized spacial score (nSPS) is 10.7. The van der Waals surface area contributed by atoms with Crippen LogP contribution in [-0.4, -0.2) is 24.0 Å². The molecule has 0 radical (unpaired) electrons. The first-order valence-corrected chi connectivity index (χ1v) is 8.52. The third-order valence-electron chi connectivity index (χ3n) is 3.42. The highest BCUT2D eigenvalue weighted by Crippen LogP contribution is 2.22. The number of ether oxygens (including phenoxy) is 1. The highest BCUT2D eigenvalue weighted by Gasteiger charge is 2.07. The summed E-state index contributed by atoms with van der Waals surface area (Å²) in [7, 11) is 0. The van der Waals surface area contributed by atoms with E-state index < -0.39 is 5.82 Å². The van der Waals surface area contributed by atoms with Gasteiger partial charge in [-0.1, -0.05) is 24.3 Å². The van der Waals surface area contributed by atoms with Gasteiger partial charge >= 0.3 is 0 Å². The van der Waals surface area contributed by atoms with Gasteiger partial charge in [-0.2, -0.15) is 0 Å². The Morgan fingerprint density at radius 3 is 2.79 bits per heavy atom. The van der Waals surface area contributed by atoms with Crippen molar-refractivity contribution >= 4 is 27.5 Å². The maximum atomic E-state index is 13.4. The minimum atomic E-state index is -0.403. The highest BCUT2D eigenvalue weighted by molar-refractivity contribution is 7.18. The first kappa shape index (κ1) is 16.4. The molecule has 124 valence electrons. The number of aromatic nitrogens is 1. The van der Waals surface area contributed by atoms with E-state index in [4.69, 9.17) is 4.74 Å². The first-order valence-electron chi connectivity index (χ1n) is 7.71. The topological polar surface area (TPSA) is 51.2 Å². The smallest absolute Gasteiger partial charge is 0.220 e. The third-order valence-corrected chi connectivity index (χ3v) is 4.52.